The van der Waals surface area contributed by atoms with Crippen LogP contribution in [0.2, 0.25) is 0 Å². The molecule has 3 nitrogen and oxygen atoms in total. The Balaban J connectivity index is 1.72. The van der Waals surface area contributed by atoms with E-state index in [1.807, 2.05) is 12.1 Å². The Hall–Kier alpha value is -2.69. The quantitative estimate of drug-likeness (QED) is 0.761. The molecule has 21 heavy (non-hydrogen) atoms. The van der Waals surface area contributed by atoms with Crippen LogP contribution in [0.1, 0.15) is 15.9 Å². The van der Waals surface area contributed by atoms with E-state index in [0.29, 0.717) is 11.1 Å². The van der Waals surface area contributed by atoms with Gasteiger partial charge in [0.25, 0.3) is 5.91 Å². The van der Waals surface area contributed by atoms with Crippen LogP contribution in [0.3, 0.4) is 0 Å². The summed E-state index contributed by atoms with van der Waals surface area (Å²) < 4.78 is 25.9. The molecule has 3 aromatic rings. The molecule has 1 amide bonds. The first kappa shape index (κ1) is 13.3. The van der Waals surface area contributed by atoms with Gasteiger partial charge in [-0.05, 0) is 42.0 Å². The van der Waals surface area contributed by atoms with Gasteiger partial charge < -0.3 is 10.3 Å². The lowest BCUT2D eigenvalue weighted by Gasteiger charge is -2.06. The lowest BCUT2D eigenvalue weighted by atomic mass is 10.1. The van der Waals surface area contributed by atoms with Crippen LogP contribution >= 0.6 is 0 Å². The van der Waals surface area contributed by atoms with Crippen LogP contribution in [0.25, 0.3) is 10.9 Å². The number of aromatic nitrogens is 1. The van der Waals surface area contributed by atoms with Gasteiger partial charge in [0, 0.05) is 29.2 Å². The van der Waals surface area contributed by atoms with Crippen molar-refractivity contribution in [3.8, 4) is 0 Å². The fourth-order valence-electron chi connectivity index (χ4n) is 2.13. The molecule has 0 aliphatic carbocycles. The average molecular weight is 286 g/mol. The molecule has 0 aliphatic rings. The van der Waals surface area contributed by atoms with Gasteiger partial charge in [0.1, 0.15) is 0 Å². The topological polar surface area (TPSA) is 44.9 Å². The van der Waals surface area contributed by atoms with Crippen LogP contribution in [-0.2, 0) is 6.54 Å². The number of H-pyrrole nitrogens is 1. The third-order valence-corrected chi connectivity index (χ3v) is 3.25. The Bertz CT molecular complexity index is 811. The highest BCUT2D eigenvalue weighted by molar-refractivity contribution is 5.98. The molecule has 0 bridgehead atoms. The predicted molar refractivity (Wildman–Crippen MR) is 75.8 cm³/mol. The Labute approximate surface area is 119 Å². The maximum atomic E-state index is 13.1. The van der Waals surface area contributed by atoms with Crippen molar-refractivity contribution >= 4 is 16.8 Å². The maximum Gasteiger partial charge on any atom is 0.251 e. The fraction of sp³-hybridized carbons (Fsp3) is 0.0625. The lowest BCUT2D eigenvalue weighted by Crippen LogP contribution is -2.22. The normalized spacial score (nSPS) is 10.8. The second kappa shape index (κ2) is 5.36. The highest BCUT2D eigenvalue weighted by Crippen LogP contribution is 2.14. The van der Waals surface area contributed by atoms with Gasteiger partial charge in [-0.1, -0.05) is 6.07 Å². The van der Waals surface area contributed by atoms with Crippen molar-refractivity contribution in [2.75, 3.05) is 0 Å². The van der Waals surface area contributed by atoms with E-state index in [-0.39, 0.29) is 12.5 Å². The minimum atomic E-state index is -0.921. The molecule has 0 spiro atoms. The summed E-state index contributed by atoms with van der Waals surface area (Å²) in [5.41, 5.74) is 1.97. The van der Waals surface area contributed by atoms with E-state index in [1.54, 1.807) is 18.3 Å². The second-order valence-corrected chi connectivity index (χ2v) is 4.71. The van der Waals surface area contributed by atoms with E-state index in [9.17, 15) is 13.6 Å². The zero-order valence-electron chi connectivity index (χ0n) is 11.0. The van der Waals surface area contributed by atoms with Crippen molar-refractivity contribution in [3.63, 3.8) is 0 Å². The number of fused-ring (bicyclic) bond motifs is 1. The number of carbonyl (C=O) groups excluding carboxylic acids is 1. The average Bonchev–Trinajstić information content (AvgIpc) is 2.95. The zero-order chi connectivity index (χ0) is 14.8. The molecule has 106 valence electrons. The molecule has 0 aliphatic heterocycles. The van der Waals surface area contributed by atoms with E-state index in [4.69, 9.17) is 0 Å². The van der Waals surface area contributed by atoms with Gasteiger partial charge in [0.2, 0.25) is 0 Å². The second-order valence-electron chi connectivity index (χ2n) is 4.71. The first-order valence-corrected chi connectivity index (χ1v) is 6.43. The van der Waals surface area contributed by atoms with E-state index in [2.05, 4.69) is 10.3 Å². The Morgan fingerprint density at radius 2 is 1.90 bits per heavy atom. The van der Waals surface area contributed by atoms with E-state index < -0.39 is 11.6 Å². The van der Waals surface area contributed by atoms with Crippen LogP contribution in [0.4, 0.5) is 8.78 Å². The molecule has 2 N–H and O–H groups in total. The molecule has 0 saturated heterocycles. The molecule has 0 fully saturated rings. The van der Waals surface area contributed by atoms with Crippen LogP contribution in [-0.4, -0.2) is 10.9 Å². The van der Waals surface area contributed by atoms with E-state index in [1.165, 1.54) is 6.07 Å². The number of rotatable bonds is 3. The minimum Gasteiger partial charge on any atom is -0.361 e. The maximum absolute atomic E-state index is 13.1. The molecule has 3 rings (SSSR count). The Morgan fingerprint density at radius 1 is 1.05 bits per heavy atom. The number of carbonyl (C=O) groups is 1. The molecule has 0 unspecified atom stereocenters. The van der Waals surface area contributed by atoms with Crippen LogP contribution in [0, 0.1) is 11.6 Å². The number of hydrogen-bond donors (Lipinski definition) is 2. The van der Waals surface area contributed by atoms with Gasteiger partial charge in [0.05, 0.1) is 0 Å². The SMILES string of the molecule is O=C(NCc1ccc(F)c(F)c1)c1ccc2[nH]ccc2c1. The Kier molecular flexibility index (Phi) is 3.39. The summed E-state index contributed by atoms with van der Waals surface area (Å²) in [6.07, 6.45) is 1.80. The monoisotopic (exact) mass is 286 g/mol. The number of aromatic amines is 1. The number of nitrogens with one attached hydrogen (secondary N) is 2. The summed E-state index contributed by atoms with van der Waals surface area (Å²) in [6, 6.07) is 10.7. The number of halogens is 2. The zero-order valence-corrected chi connectivity index (χ0v) is 11.0. The minimum absolute atomic E-state index is 0.140. The number of amides is 1. The van der Waals surface area contributed by atoms with Crippen molar-refractivity contribution < 1.29 is 13.6 Å². The molecule has 5 heteroatoms. The van der Waals surface area contributed by atoms with Crippen LogP contribution in [0.5, 0.6) is 0 Å². The first-order valence-electron chi connectivity index (χ1n) is 6.43. The van der Waals surface area contributed by atoms with Crippen molar-refractivity contribution in [1.82, 2.24) is 10.3 Å². The summed E-state index contributed by atoms with van der Waals surface area (Å²) in [6.45, 7) is 0.140. The summed E-state index contributed by atoms with van der Waals surface area (Å²) in [4.78, 5) is 15.1. The molecular weight excluding hydrogens is 274 g/mol. The van der Waals surface area contributed by atoms with Crippen molar-refractivity contribution in [2.45, 2.75) is 6.54 Å². The number of hydrogen-bond acceptors (Lipinski definition) is 1. The van der Waals surface area contributed by atoms with Crippen molar-refractivity contribution in [3.05, 3.63) is 71.4 Å². The van der Waals surface area contributed by atoms with Gasteiger partial charge in [-0.25, -0.2) is 8.78 Å². The number of benzene rings is 2. The van der Waals surface area contributed by atoms with Gasteiger partial charge in [-0.2, -0.15) is 0 Å². The fourth-order valence-corrected chi connectivity index (χ4v) is 2.13. The third-order valence-electron chi connectivity index (χ3n) is 3.25. The standard InChI is InChI=1S/C16H12F2N2O/c17-13-3-1-10(7-14(13)18)9-20-16(21)12-2-4-15-11(8-12)5-6-19-15/h1-8,19H,9H2,(H,20,21). The van der Waals surface area contributed by atoms with Crippen LogP contribution < -0.4 is 5.32 Å². The first-order chi connectivity index (χ1) is 10.1. The Morgan fingerprint density at radius 3 is 2.71 bits per heavy atom. The van der Waals surface area contributed by atoms with Crippen molar-refractivity contribution in [2.24, 2.45) is 0 Å². The third kappa shape index (κ3) is 2.76. The smallest absolute Gasteiger partial charge is 0.251 e. The molecule has 1 aromatic heterocycles. The van der Waals surface area contributed by atoms with Crippen molar-refractivity contribution in [1.29, 1.82) is 0 Å². The van der Waals surface area contributed by atoms with Gasteiger partial charge in [-0.15, -0.1) is 0 Å². The highest BCUT2D eigenvalue weighted by Gasteiger charge is 2.08. The molecule has 0 radical (unpaired) electrons. The van der Waals surface area contributed by atoms with Crippen LogP contribution in [0.15, 0.2) is 48.7 Å². The van der Waals surface area contributed by atoms with Gasteiger partial charge in [0.15, 0.2) is 11.6 Å². The molecule has 2 aromatic carbocycles. The molecule has 0 saturated carbocycles. The van der Waals surface area contributed by atoms with Gasteiger partial charge >= 0.3 is 0 Å². The molecular formula is C16H12F2N2O. The highest BCUT2D eigenvalue weighted by atomic mass is 19.2. The summed E-state index contributed by atoms with van der Waals surface area (Å²) in [5, 5.41) is 3.62. The predicted octanol–water partition coefficient (Wildman–Crippen LogP) is 3.38. The summed E-state index contributed by atoms with van der Waals surface area (Å²) in [5.74, 6) is -2.08. The van der Waals surface area contributed by atoms with E-state index >= 15 is 0 Å². The molecule has 1 heterocycles. The largest absolute Gasteiger partial charge is 0.361 e. The van der Waals surface area contributed by atoms with Gasteiger partial charge in [-0.3, -0.25) is 4.79 Å². The van der Waals surface area contributed by atoms with E-state index in [0.717, 1.165) is 23.0 Å². The summed E-state index contributed by atoms with van der Waals surface area (Å²) >= 11 is 0. The lowest BCUT2D eigenvalue weighted by molar-refractivity contribution is 0.0951. The molecule has 0 atom stereocenters. The summed E-state index contributed by atoms with van der Waals surface area (Å²) in [7, 11) is 0.